The monoisotopic (exact) mass is 190 g/mol. The van der Waals surface area contributed by atoms with Crippen LogP contribution in [0.3, 0.4) is 0 Å². The van der Waals surface area contributed by atoms with E-state index in [2.05, 4.69) is 22.3 Å². The third-order valence-electron chi connectivity index (χ3n) is 2.08. The average Bonchev–Trinajstić information content (AvgIpc) is 2.49. The number of aromatic amines is 2. The Morgan fingerprint density at radius 2 is 1.77 bits per heavy atom. The van der Waals surface area contributed by atoms with Crippen LogP contribution in [0.1, 0.15) is 5.56 Å². The van der Waals surface area contributed by atoms with Crippen LogP contribution < -0.4 is 0 Å². The molecule has 1 heterocycles. The third-order valence-corrected chi connectivity index (χ3v) is 2.49. The van der Waals surface area contributed by atoms with E-state index in [-0.39, 0.29) is 0 Å². The Kier molecular flexibility index (Phi) is 2.02. The molecule has 0 aliphatic rings. The maximum absolute atomic E-state index is 5.09. The molecule has 0 atom stereocenters. The summed E-state index contributed by atoms with van der Waals surface area (Å²) in [4.78, 5) is 0. The molecule has 0 fully saturated rings. The minimum Gasteiger partial charge on any atom is -0.299 e. The van der Waals surface area contributed by atoms with Crippen molar-refractivity contribution in [1.82, 2.24) is 10.2 Å². The minimum atomic E-state index is 0.777. The van der Waals surface area contributed by atoms with E-state index >= 15 is 0 Å². The van der Waals surface area contributed by atoms with Gasteiger partial charge in [0.05, 0.1) is 5.69 Å². The summed E-state index contributed by atoms with van der Waals surface area (Å²) in [6.45, 7) is 2.01. The standard InChI is InChI=1S/C10H10N2S/c1-7-9(11-12-10(7)13)8-5-3-2-4-6-8/h2-6H,1H3,(H2,11,12,13). The molecule has 1 aromatic heterocycles. The summed E-state index contributed by atoms with van der Waals surface area (Å²) >= 11 is 5.09. The van der Waals surface area contributed by atoms with Crippen molar-refractivity contribution < 1.29 is 0 Å². The molecule has 66 valence electrons. The van der Waals surface area contributed by atoms with Crippen LogP contribution in [-0.4, -0.2) is 10.2 Å². The van der Waals surface area contributed by atoms with Gasteiger partial charge in [-0.1, -0.05) is 42.5 Å². The lowest BCUT2D eigenvalue weighted by Gasteiger charge is -1.97. The van der Waals surface area contributed by atoms with Crippen LogP contribution in [0.25, 0.3) is 11.3 Å². The highest BCUT2D eigenvalue weighted by Crippen LogP contribution is 2.20. The highest BCUT2D eigenvalue weighted by atomic mass is 32.1. The molecule has 0 amide bonds. The van der Waals surface area contributed by atoms with Crippen LogP contribution in [0.2, 0.25) is 0 Å². The summed E-state index contributed by atoms with van der Waals surface area (Å²) in [5.74, 6) is 0. The smallest absolute Gasteiger partial charge is 0.122 e. The number of nitrogens with one attached hydrogen (secondary N) is 2. The lowest BCUT2D eigenvalue weighted by molar-refractivity contribution is 1.08. The minimum absolute atomic E-state index is 0.777. The van der Waals surface area contributed by atoms with E-state index in [1.807, 2.05) is 25.1 Å². The van der Waals surface area contributed by atoms with Gasteiger partial charge in [0, 0.05) is 5.56 Å². The van der Waals surface area contributed by atoms with Crippen molar-refractivity contribution in [2.24, 2.45) is 0 Å². The van der Waals surface area contributed by atoms with E-state index in [1.165, 1.54) is 0 Å². The fraction of sp³-hybridized carbons (Fsp3) is 0.100. The number of H-pyrrole nitrogens is 2. The molecule has 3 heteroatoms. The molecule has 2 rings (SSSR count). The predicted octanol–water partition coefficient (Wildman–Crippen LogP) is 3.05. The molecule has 13 heavy (non-hydrogen) atoms. The van der Waals surface area contributed by atoms with E-state index in [0.29, 0.717) is 0 Å². The van der Waals surface area contributed by atoms with Crippen LogP contribution in [0, 0.1) is 11.6 Å². The van der Waals surface area contributed by atoms with Gasteiger partial charge in [-0.05, 0) is 12.5 Å². The van der Waals surface area contributed by atoms with Crippen molar-refractivity contribution in [3.05, 3.63) is 40.5 Å². The fourth-order valence-corrected chi connectivity index (χ4v) is 1.47. The molecule has 0 spiro atoms. The van der Waals surface area contributed by atoms with E-state index < -0.39 is 0 Å². The van der Waals surface area contributed by atoms with Gasteiger partial charge in [-0.2, -0.15) is 0 Å². The topological polar surface area (TPSA) is 31.6 Å². The quantitative estimate of drug-likeness (QED) is 0.665. The summed E-state index contributed by atoms with van der Waals surface area (Å²) in [5.41, 5.74) is 3.33. The Hall–Kier alpha value is -1.35. The summed E-state index contributed by atoms with van der Waals surface area (Å²) in [6, 6.07) is 10.1. The van der Waals surface area contributed by atoms with Gasteiger partial charge in [0.1, 0.15) is 4.64 Å². The Bertz CT molecular complexity index is 453. The summed E-state index contributed by atoms with van der Waals surface area (Å²) in [6.07, 6.45) is 0. The zero-order valence-corrected chi connectivity index (χ0v) is 8.11. The first kappa shape index (κ1) is 8.26. The Morgan fingerprint density at radius 3 is 2.31 bits per heavy atom. The second kappa shape index (κ2) is 3.18. The largest absolute Gasteiger partial charge is 0.299 e. The first-order valence-electron chi connectivity index (χ1n) is 4.11. The highest BCUT2D eigenvalue weighted by molar-refractivity contribution is 7.71. The number of rotatable bonds is 1. The van der Waals surface area contributed by atoms with Crippen LogP contribution >= 0.6 is 12.2 Å². The number of hydrogen-bond acceptors (Lipinski definition) is 1. The molecule has 0 aliphatic carbocycles. The van der Waals surface area contributed by atoms with Crippen LogP contribution in [0.4, 0.5) is 0 Å². The molecule has 2 nitrogen and oxygen atoms in total. The number of hydrogen-bond donors (Lipinski definition) is 2. The number of aromatic nitrogens is 2. The molecule has 0 aliphatic heterocycles. The van der Waals surface area contributed by atoms with Crippen molar-refractivity contribution in [2.45, 2.75) is 6.92 Å². The van der Waals surface area contributed by atoms with E-state index in [0.717, 1.165) is 21.5 Å². The molecule has 0 saturated carbocycles. The third kappa shape index (κ3) is 1.42. The van der Waals surface area contributed by atoms with Crippen molar-refractivity contribution in [1.29, 1.82) is 0 Å². The van der Waals surface area contributed by atoms with Gasteiger partial charge >= 0.3 is 0 Å². The Morgan fingerprint density at radius 1 is 1.08 bits per heavy atom. The molecule has 0 bridgehead atoms. The Labute approximate surface area is 81.6 Å². The second-order valence-electron chi connectivity index (χ2n) is 2.95. The van der Waals surface area contributed by atoms with Crippen LogP contribution in [-0.2, 0) is 0 Å². The lowest BCUT2D eigenvalue weighted by Crippen LogP contribution is -1.79. The predicted molar refractivity (Wildman–Crippen MR) is 56.2 cm³/mol. The van der Waals surface area contributed by atoms with Gasteiger partial charge in [0.2, 0.25) is 0 Å². The van der Waals surface area contributed by atoms with Gasteiger partial charge < -0.3 is 0 Å². The van der Waals surface area contributed by atoms with Crippen LogP contribution in [0.15, 0.2) is 30.3 Å². The van der Waals surface area contributed by atoms with Gasteiger partial charge in [0.25, 0.3) is 0 Å². The highest BCUT2D eigenvalue weighted by Gasteiger charge is 2.03. The maximum atomic E-state index is 5.09. The second-order valence-corrected chi connectivity index (χ2v) is 3.35. The SMILES string of the molecule is Cc1c(-c2ccccc2)[nH][nH]c1=S. The van der Waals surface area contributed by atoms with Gasteiger partial charge in [-0.15, -0.1) is 0 Å². The molecule has 0 unspecified atom stereocenters. The van der Waals surface area contributed by atoms with Crippen molar-refractivity contribution in [2.75, 3.05) is 0 Å². The molecule has 2 aromatic rings. The van der Waals surface area contributed by atoms with Gasteiger partial charge in [-0.25, -0.2) is 0 Å². The first-order chi connectivity index (χ1) is 6.29. The number of benzene rings is 1. The maximum Gasteiger partial charge on any atom is 0.122 e. The zero-order valence-electron chi connectivity index (χ0n) is 7.29. The first-order valence-corrected chi connectivity index (χ1v) is 4.52. The summed E-state index contributed by atoms with van der Waals surface area (Å²) in [7, 11) is 0. The van der Waals surface area contributed by atoms with Crippen molar-refractivity contribution >= 4 is 12.2 Å². The lowest BCUT2D eigenvalue weighted by atomic mass is 10.1. The van der Waals surface area contributed by atoms with E-state index in [4.69, 9.17) is 12.2 Å². The van der Waals surface area contributed by atoms with Crippen molar-refractivity contribution in [3.63, 3.8) is 0 Å². The molecule has 2 N–H and O–H groups in total. The van der Waals surface area contributed by atoms with Gasteiger partial charge in [-0.3, -0.25) is 10.2 Å². The normalized spacial score (nSPS) is 10.2. The zero-order chi connectivity index (χ0) is 9.26. The molecular formula is C10H10N2S. The molecule has 0 radical (unpaired) electrons. The molecular weight excluding hydrogens is 180 g/mol. The summed E-state index contributed by atoms with van der Waals surface area (Å²) < 4.78 is 0.777. The van der Waals surface area contributed by atoms with Crippen LogP contribution in [0.5, 0.6) is 0 Å². The Balaban J connectivity index is 2.60. The van der Waals surface area contributed by atoms with Gasteiger partial charge in [0.15, 0.2) is 0 Å². The summed E-state index contributed by atoms with van der Waals surface area (Å²) in [5, 5.41) is 5.99. The molecule has 0 saturated heterocycles. The van der Waals surface area contributed by atoms with E-state index in [9.17, 15) is 0 Å². The average molecular weight is 190 g/mol. The molecule has 1 aromatic carbocycles. The van der Waals surface area contributed by atoms with E-state index in [1.54, 1.807) is 0 Å². The van der Waals surface area contributed by atoms with Crippen molar-refractivity contribution in [3.8, 4) is 11.3 Å². The fourth-order valence-electron chi connectivity index (χ4n) is 1.31.